The Morgan fingerprint density at radius 2 is 1.88 bits per heavy atom. The molecule has 0 amide bonds. The van der Waals surface area contributed by atoms with Crippen molar-refractivity contribution in [2.45, 2.75) is 38.8 Å². The lowest BCUT2D eigenvalue weighted by atomic mass is 10.1. The van der Waals surface area contributed by atoms with Crippen molar-refractivity contribution < 1.29 is 0 Å². The maximum atomic E-state index is 5.70. The van der Waals surface area contributed by atoms with E-state index in [1.807, 2.05) is 19.9 Å². The van der Waals surface area contributed by atoms with Crippen LogP contribution in [0.1, 0.15) is 31.2 Å². The SMILES string of the molecule is Cc1cc(C)nc(SCCC(C)CCCl)n1. The Hall–Kier alpha value is -0.280. The maximum absolute atomic E-state index is 5.70. The quantitative estimate of drug-likeness (QED) is 0.441. The van der Waals surface area contributed by atoms with Crippen LogP contribution in [0, 0.1) is 19.8 Å². The van der Waals surface area contributed by atoms with Crippen molar-refractivity contribution in [3.8, 4) is 0 Å². The van der Waals surface area contributed by atoms with Gasteiger partial charge < -0.3 is 0 Å². The third kappa shape index (κ3) is 5.17. The summed E-state index contributed by atoms with van der Waals surface area (Å²) < 4.78 is 0. The molecule has 0 saturated heterocycles. The highest BCUT2D eigenvalue weighted by Gasteiger charge is 2.04. The summed E-state index contributed by atoms with van der Waals surface area (Å²) in [4.78, 5) is 8.81. The summed E-state index contributed by atoms with van der Waals surface area (Å²) in [6, 6.07) is 2.00. The first-order chi connectivity index (χ1) is 7.61. The smallest absolute Gasteiger partial charge is 0.187 e. The minimum atomic E-state index is 0.691. The second-order valence-corrected chi connectivity index (χ2v) is 5.59. The zero-order valence-electron chi connectivity index (χ0n) is 10.2. The number of halogens is 1. The Morgan fingerprint density at radius 1 is 1.25 bits per heavy atom. The molecule has 1 rings (SSSR count). The molecule has 0 N–H and O–H groups in total. The molecule has 4 heteroatoms. The highest BCUT2D eigenvalue weighted by Crippen LogP contribution is 2.19. The van der Waals surface area contributed by atoms with Gasteiger partial charge in [0.15, 0.2) is 5.16 Å². The molecule has 0 aliphatic carbocycles. The van der Waals surface area contributed by atoms with Crippen LogP contribution in [0.3, 0.4) is 0 Å². The van der Waals surface area contributed by atoms with E-state index in [4.69, 9.17) is 11.6 Å². The molecule has 1 atom stereocenters. The standard InChI is InChI=1S/C12H19ClN2S/c1-9(4-6-13)5-7-16-12-14-10(2)8-11(3)15-12/h8-9H,4-7H2,1-3H3. The van der Waals surface area contributed by atoms with E-state index in [0.717, 1.165) is 34.6 Å². The van der Waals surface area contributed by atoms with E-state index >= 15 is 0 Å². The predicted molar refractivity (Wildman–Crippen MR) is 71.3 cm³/mol. The molecule has 0 aliphatic rings. The molecule has 0 aromatic carbocycles. The third-order valence-corrected chi connectivity index (χ3v) is 3.50. The van der Waals surface area contributed by atoms with Crippen LogP contribution < -0.4 is 0 Å². The highest BCUT2D eigenvalue weighted by molar-refractivity contribution is 7.99. The van der Waals surface area contributed by atoms with Gasteiger partial charge in [0.2, 0.25) is 0 Å². The van der Waals surface area contributed by atoms with Crippen LogP contribution in [0.5, 0.6) is 0 Å². The monoisotopic (exact) mass is 258 g/mol. The van der Waals surface area contributed by atoms with Gasteiger partial charge in [-0.1, -0.05) is 18.7 Å². The second-order valence-electron chi connectivity index (χ2n) is 4.15. The molecule has 0 bridgehead atoms. The van der Waals surface area contributed by atoms with Gasteiger partial charge in [0.1, 0.15) is 0 Å². The normalized spacial score (nSPS) is 12.8. The van der Waals surface area contributed by atoms with Gasteiger partial charge in [0.25, 0.3) is 0 Å². The first-order valence-corrected chi connectivity index (χ1v) is 7.15. The molecule has 1 heterocycles. The highest BCUT2D eigenvalue weighted by atomic mass is 35.5. The van der Waals surface area contributed by atoms with E-state index in [-0.39, 0.29) is 0 Å². The van der Waals surface area contributed by atoms with E-state index in [1.54, 1.807) is 11.8 Å². The van der Waals surface area contributed by atoms with Crippen LogP contribution in [-0.2, 0) is 0 Å². The van der Waals surface area contributed by atoms with Gasteiger partial charge in [0, 0.05) is 23.0 Å². The zero-order valence-corrected chi connectivity index (χ0v) is 11.7. The van der Waals surface area contributed by atoms with E-state index in [9.17, 15) is 0 Å². The van der Waals surface area contributed by atoms with Crippen molar-refractivity contribution in [2.24, 2.45) is 5.92 Å². The average Bonchev–Trinajstić information content (AvgIpc) is 2.16. The minimum Gasteiger partial charge on any atom is -0.228 e. The molecule has 90 valence electrons. The molecule has 1 aromatic heterocycles. The number of aryl methyl sites for hydroxylation is 2. The number of thioether (sulfide) groups is 1. The topological polar surface area (TPSA) is 25.8 Å². The largest absolute Gasteiger partial charge is 0.228 e. The predicted octanol–water partition coefficient (Wildman–Crippen LogP) is 3.84. The molecular weight excluding hydrogens is 240 g/mol. The fourth-order valence-corrected chi connectivity index (χ4v) is 2.93. The van der Waals surface area contributed by atoms with Gasteiger partial charge >= 0.3 is 0 Å². The van der Waals surface area contributed by atoms with E-state index in [0.29, 0.717) is 5.92 Å². The van der Waals surface area contributed by atoms with Crippen molar-refractivity contribution in [3.63, 3.8) is 0 Å². The van der Waals surface area contributed by atoms with Crippen molar-refractivity contribution in [2.75, 3.05) is 11.6 Å². The van der Waals surface area contributed by atoms with Gasteiger partial charge in [-0.25, -0.2) is 9.97 Å². The van der Waals surface area contributed by atoms with Crippen molar-refractivity contribution >= 4 is 23.4 Å². The minimum absolute atomic E-state index is 0.691. The lowest BCUT2D eigenvalue weighted by molar-refractivity contribution is 0.551. The summed E-state index contributed by atoms with van der Waals surface area (Å²) >= 11 is 7.44. The molecule has 1 unspecified atom stereocenters. The molecule has 0 radical (unpaired) electrons. The molecule has 0 spiro atoms. The molecule has 16 heavy (non-hydrogen) atoms. The van der Waals surface area contributed by atoms with Crippen LogP contribution >= 0.6 is 23.4 Å². The number of aromatic nitrogens is 2. The Labute approximate surface area is 107 Å². The molecular formula is C12H19ClN2S. The first-order valence-electron chi connectivity index (χ1n) is 5.63. The van der Waals surface area contributed by atoms with Gasteiger partial charge in [-0.2, -0.15) is 0 Å². The van der Waals surface area contributed by atoms with Gasteiger partial charge in [-0.3, -0.25) is 0 Å². The van der Waals surface area contributed by atoms with Crippen molar-refractivity contribution in [1.82, 2.24) is 9.97 Å². The fourth-order valence-electron chi connectivity index (χ4n) is 1.44. The average molecular weight is 259 g/mol. The molecule has 0 aliphatic heterocycles. The summed E-state index contributed by atoms with van der Waals surface area (Å²) in [5.74, 6) is 2.52. The second kappa shape index (κ2) is 7.13. The lowest BCUT2D eigenvalue weighted by Crippen LogP contribution is -1.99. The summed E-state index contributed by atoms with van der Waals surface area (Å²) in [5.41, 5.74) is 2.09. The molecule has 0 saturated carbocycles. The third-order valence-electron chi connectivity index (χ3n) is 2.41. The number of hydrogen-bond acceptors (Lipinski definition) is 3. The zero-order chi connectivity index (χ0) is 12.0. The van der Waals surface area contributed by atoms with Crippen LogP contribution in [0.25, 0.3) is 0 Å². The summed E-state index contributed by atoms with van der Waals surface area (Å²) in [6.07, 6.45) is 2.27. The summed E-state index contributed by atoms with van der Waals surface area (Å²) in [7, 11) is 0. The van der Waals surface area contributed by atoms with Crippen LogP contribution in [0.2, 0.25) is 0 Å². The Kier molecular flexibility index (Phi) is 6.14. The molecule has 1 aromatic rings. The lowest BCUT2D eigenvalue weighted by Gasteiger charge is -2.08. The molecule has 2 nitrogen and oxygen atoms in total. The number of alkyl halides is 1. The number of hydrogen-bond donors (Lipinski definition) is 0. The van der Waals surface area contributed by atoms with Crippen LogP contribution in [-0.4, -0.2) is 21.6 Å². The maximum Gasteiger partial charge on any atom is 0.187 e. The van der Waals surface area contributed by atoms with Gasteiger partial charge in [-0.05, 0) is 38.7 Å². The summed E-state index contributed by atoms with van der Waals surface area (Å²) in [6.45, 7) is 6.26. The van der Waals surface area contributed by atoms with Crippen LogP contribution in [0.4, 0.5) is 0 Å². The fraction of sp³-hybridized carbons (Fsp3) is 0.667. The van der Waals surface area contributed by atoms with E-state index in [2.05, 4.69) is 16.9 Å². The van der Waals surface area contributed by atoms with E-state index < -0.39 is 0 Å². The number of nitrogens with zero attached hydrogens (tertiary/aromatic N) is 2. The van der Waals surface area contributed by atoms with Crippen LogP contribution in [0.15, 0.2) is 11.2 Å². The Balaban J connectivity index is 2.37. The van der Waals surface area contributed by atoms with Crippen molar-refractivity contribution in [1.29, 1.82) is 0 Å². The van der Waals surface area contributed by atoms with Crippen molar-refractivity contribution in [3.05, 3.63) is 17.5 Å². The van der Waals surface area contributed by atoms with E-state index in [1.165, 1.54) is 6.42 Å². The Morgan fingerprint density at radius 3 is 2.44 bits per heavy atom. The first kappa shape index (κ1) is 13.8. The van der Waals surface area contributed by atoms with Gasteiger partial charge in [0.05, 0.1) is 0 Å². The molecule has 0 fully saturated rings. The van der Waals surface area contributed by atoms with Gasteiger partial charge in [-0.15, -0.1) is 11.6 Å². The Bertz CT molecular complexity index is 311. The summed E-state index contributed by atoms with van der Waals surface area (Å²) in [5, 5.41) is 0.899. The number of rotatable bonds is 6.